The van der Waals surface area contributed by atoms with Crippen LogP contribution in [0.2, 0.25) is 0 Å². The molecule has 0 spiro atoms. The topological polar surface area (TPSA) is 69.6 Å². The lowest BCUT2D eigenvalue weighted by Crippen LogP contribution is -2.55. The van der Waals surface area contributed by atoms with E-state index in [4.69, 9.17) is 5.11 Å². The van der Waals surface area contributed by atoms with Gasteiger partial charge in [0.25, 0.3) is 0 Å². The molecule has 3 atom stereocenters. The van der Waals surface area contributed by atoms with E-state index in [-0.39, 0.29) is 18.5 Å². The Morgan fingerprint density at radius 1 is 1.24 bits per heavy atom. The van der Waals surface area contributed by atoms with Crippen LogP contribution >= 0.6 is 0 Å². The molecular weight excluding hydrogens is 268 g/mol. The van der Waals surface area contributed by atoms with Gasteiger partial charge in [-0.25, -0.2) is 4.79 Å². The fourth-order valence-corrected chi connectivity index (χ4v) is 3.92. The summed E-state index contributed by atoms with van der Waals surface area (Å²) in [5, 5.41) is 11.9. The molecule has 2 amide bonds. The number of carbonyl (C=O) groups is 2. The number of rotatable bonds is 5. The summed E-state index contributed by atoms with van der Waals surface area (Å²) in [6, 6.07) is 0.0786. The number of piperidine rings is 1. The van der Waals surface area contributed by atoms with Crippen molar-refractivity contribution >= 4 is 12.0 Å². The minimum atomic E-state index is -0.845. The third-order valence-corrected chi connectivity index (χ3v) is 4.89. The molecule has 1 saturated heterocycles. The largest absolute Gasteiger partial charge is 0.481 e. The van der Waals surface area contributed by atoms with Crippen LogP contribution in [-0.4, -0.2) is 40.6 Å². The molecule has 2 N–H and O–H groups in total. The first-order chi connectivity index (χ1) is 10.1. The van der Waals surface area contributed by atoms with Crippen molar-refractivity contribution in [1.82, 2.24) is 10.2 Å². The molecule has 0 radical (unpaired) electrons. The lowest BCUT2D eigenvalue weighted by Gasteiger charge is -2.44. The van der Waals surface area contributed by atoms with Gasteiger partial charge in [-0.3, -0.25) is 4.79 Å². The number of likely N-dealkylation sites (tertiary alicyclic amines) is 1. The van der Waals surface area contributed by atoms with E-state index in [9.17, 15) is 9.59 Å². The Kier molecular flexibility index (Phi) is 5.88. The number of hydrogen-bond acceptors (Lipinski definition) is 2. The fourth-order valence-electron chi connectivity index (χ4n) is 3.92. The van der Waals surface area contributed by atoms with Gasteiger partial charge in [-0.1, -0.05) is 26.2 Å². The van der Waals surface area contributed by atoms with Crippen molar-refractivity contribution in [2.24, 2.45) is 5.92 Å². The van der Waals surface area contributed by atoms with Gasteiger partial charge in [-0.2, -0.15) is 0 Å². The molecule has 0 aromatic heterocycles. The van der Waals surface area contributed by atoms with Gasteiger partial charge in [0.05, 0.1) is 6.42 Å². The first-order valence-electron chi connectivity index (χ1n) is 8.40. The number of carbonyl (C=O) groups excluding carboxylic acids is 1. The molecular formula is C16H28N2O3. The van der Waals surface area contributed by atoms with E-state index in [1.807, 2.05) is 11.8 Å². The smallest absolute Gasteiger partial charge is 0.317 e. The van der Waals surface area contributed by atoms with Crippen molar-refractivity contribution in [3.05, 3.63) is 0 Å². The molecule has 2 fully saturated rings. The third-order valence-electron chi connectivity index (χ3n) is 4.89. The van der Waals surface area contributed by atoms with Crippen molar-refractivity contribution in [3.8, 4) is 0 Å². The second-order valence-corrected chi connectivity index (χ2v) is 6.48. The molecule has 1 unspecified atom stereocenters. The monoisotopic (exact) mass is 296 g/mol. The number of fused-ring (bicyclic) bond motifs is 1. The summed E-state index contributed by atoms with van der Waals surface area (Å²) in [7, 11) is 0. The molecule has 5 nitrogen and oxygen atoms in total. The zero-order valence-corrected chi connectivity index (χ0v) is 13.0. The van der Waals surface area contributed by atoms with E-state index in [0.29, 0.717) is 12.0 Å². The lowest BCUT2D eigenvalue weighted by molar-refractivity contribution is -0.137. The molecule has 0 bridgehead atoms. The zero-order valence-electron chi connectivity index (χ0n) is 13.0. The molecule has 1 saturated carbocycles. The van der Waals surface area contributed by atoms with Gasteiger partial charge < -0.3 is 15.3 Å². The van der Waals surface area contributed by atoms with Gasteiger partial charge in [0.15, 0.2) is 0 Å². The summed E-state index contributed by atoms with van der Waals surface area (Å²) in [6.07, 6.45) is 8.77. The Bertz CT molecular complexity index is 371. The van der Waals surface area contributed by atoms with Crippen LogP contribution in [0.1, 0.15) is 64.7 Å². The number of hydrogen-bond donors (Lipinski definition) is 2. The minimum Gasteiger partial charge on any atom is -0.481 e. The first kappa shape index (κ1) is 16.1. The van der Waals surface area contributed by atoms with Gasteiger partial charge >= 0.3 is 12.0 Å². The highest BCUT2D eigenvalue weighted by molar-refractivity contribution is 5.76. The summed E-state index contributed by atoms with van der Waals surface area (Å²) >= 11 is 0. The van der Waals surface area contributed by atoms with Crippen LogP contribution in [0.5, 0.6) is 0 Å². The highest BCUT2D eigenvalue weighted by atomic mass is 16.4. The quantitative estimate of drug-likeness (QED) is 0.819. The molecule has 0 aromatic rings. The molecule has 5 heteroatoms. The summed E-state index contributed by atoms with van der Waals surface area (Å²) in [6.45, 7) is 2.83. The van der Waals surface area contributed by atoms with E-state index in [1.165, 1.54) is 25.7 Å². The van der Waals surface area contributed by atoms with E-state index in [1.54, 1.807) is 0 Å². The van der Waals surface area contributed by atoms with E-state index in [2.05, 4.69) is 5.32 Å². The zero-order chi connectivity index (χ0) is 15.2. The van der Waals surface area contributed by atoms with Crippen molar-refractivity contribution in [2.75, 3.05) is 6.54 Å². The average molecular weight is 296 g/mol. The standard InChI is InChI=1S/C16H28N2O3/c1-2-6-13(11-15(19)20)17-16(21)18-10-5-8-12-7-3-4-9-14(12)18/h12-14H,2-11H2,1H3,(H,17,21)(H,19,20)/t12-,13?,14-/m1/s1. The molecule has 1 aliphatic heterocycles. The van der Waals surface area contributed by atoms with E-state index < -0.39 is 5.97 Å². The highest BCUT2D eigenvalue weighted by Gasteiger charge is 2.36. The Morgan fingerprint density at radius 3 is 2.67 bits per heavy atom. The van der Waals surface area contributed by atoms with Crippen LogP contribution in [0.15, 0.2) is 0 Å². The predicted octanol–water partition coefficient (Wildman–Crippen LogP) is 2.99. The van der Waals surface area contributed by atoms with Crippen LogP contribution in [0.25, 0.3) is 0 Å². The third kappa shape index (κ3) is 4.35. The SMILES string of the molecule is CCCC(CC(=O)O)NC(=O)N1CCC[C@H]2CCCC[C@H]21. The average Bonchev–Trinajstić information content (AvgIpc) is 2.46. The second kappa shape index (κ2) is 7.66. The van der Waals surface area contributed by atoms with Gasteiger partial charge in [0.1, 0.15) is 0 Å². The number of nitrogens with one attached hydrogen (secondary N) is 1. The number of nitrogens with zero attached hydrogens (tertiary/aromatic N) is 1. The summed E-state index contributed by atoms with van der Waals surface area (Å²) in [5.41, 5.74) is 0. The number of aliphatic carboxylic acids is 1. The normalized spacial score (nSPS) is 26.8. The summed E-state index contributed by atoms with van der Waals surface area (Å²) in [4.78, 5) is 25.4. The summed E-state index contributed by atoms with van der Waals surface area (Å²) in [5.74, 6) is -0.190. The van der Waals surface area contributed by atoms with Crippen LogP contribution in [-0.2, 0) is 4.79 Å². The van der Waals surface area contributed by atoms with Crippen molar-refractivity contribution in [2.45, 2.75) is 76.8 Å². The Labute approximate surface area is 127 Å². The molecule has 1 heterocycles. The number of carboxylic acid groups (broad SMARTS) is 1. The Hall–Kier alpha value is -1.26. The van der Waals surface area contributed by atoms with Gasteiger partial charge in [-0.15, -0.1) is 0 Å². The molecule has 2 rings (SSSR count). The van der Waals surface area contributed by atoms with Crippen molar-refractivity contribution in [3.63, 3.8) is 0 Å². The first-order valence-corrected chi connectivity index (χ1v) is 8.40. The van der Waals surface area contributed by atoms with Crippen LogP contribution in [0, 0.1) is 5.92 Å². The maximum atomic E-state index is 12.5. The number of carboxylic acids is 1. The van der Waals surface area contributed by atoms with Crippen LogP contribution in [0.4, 0.5) is 4.79 Å². The number of urea groups is 1. The van der Waals surface area contributed by atoms with Crippen LogP contribution < -0.4 is 5.32 Å². The molecule has 120 valence electrons. The molecule has 1 aliphatic carbocycles. The fraction of sp³-hybridized carbons (Fsp3) is 0.875. The second-order valence-electron chi connectivity index (χ2n) is 6.48. The van der Waals surface area contributed by atoms with Gasteiger partial charge in [0, 0.05) is 18.6 Å². The molecule has 2 aliphatic rings. The number of amides is 2. The Morgan fingerprint density at radius 2 is 1.95 bits per heavy atom. The lowest BCUT2D eigenvalue weighted by atomic mass is 9.78. The minimum absolute atomic E-state index is 0.0154. The maximum Gasteiger partial charge on any atom is 0.317 e. The highest BCUT2D eigenvalue weighted by Crippen LogP contribution is 2.35. The Balaban J connectivity index is 1.95. The van der Waals surface area contributed by atoms with Crippen molar-refractivity contribution < 1.29 is 14.7 Å². The summed E-state index contributed by atoms with van der Waals surface area (Å²) < 4.78 is 0. The molecule has 21 heavy (non-hydrogen) atoms. The molecule has 0 aromatic carbocycles. The maximum absolute atomic E-state index is 12.5. The van der Waals surface area contributed by atoms with Gasteiger partial charge in [0.2, 0.25) is 0 Å². The predicted molar refractivity (Wildman–Crippen MR) is 81.2 cm³/mol. The van der Waals surface area contributed by atoms with Crippen LogP contribution in [0.3, 0.4) is 0 Å². The van der Waals surface area contributed by atoms with Crippen molar-refractivity contribution in [1.29, 1.82) is 0 Å². The van der Waals surface area contributed by atoms with E-state index >= 15 is 0 Å². The van der Waals surface area contributed by atoms with E-state index in [0.717, 1.165) is 32.2 Å². The van der Waals surface area contributed by atoms with Gasteiger partial charge in [-0.05, 0) is 38.0 Å².